The lowest BCUT2D eigenvalue weighted by Crippen LogP contribution is -2.60. The summed E-state index contributed by atoms with van der Waals surface area (Å²) >= 11 is 0. The summed E-state index contributed by atoms with van der Waals surface area (Å²) in [4.78, 5) is 38.1. The third kappa shape index (κ3) is 3.49. The summed E-state index contributed by atoms with van der Waals surface area (Å²) in [5, 5.41) is 0.596. The second kappa shape index (κ2) is 8.14. The molecule has 1 aromatic carbocycles. The van der Waals surface area contributed by atoms with Crippen molar-refractivity contribution < 1.29 is 4.79 Å². The van der Waals surface area contributed by atoms with E-state index in [1.165, 1.54) is 37.8 Å². The summed E-state index contributed by atoms with van der Waals surface area (Å²) < 4.78 is 0. The number of hydrogen-bond acceptors (Lipinski definition) is 4. The summed E-state index contributed by atoms with van der Waals surface area (Å²) in [5.74, 6) is 2.06. The van der Waals surface area contributed by atoms with Crippen LogP contribution in [-0.4, -0.2) is 57.4 Å². The fraction of sp³-hybridized carbons (Fsp3) is 0.577. The van der Waals surface area contributed by atoms with Crippen LogP contribution in [0.3, 0.4) is 0 Å². The Morgan fingerprint density at radius 2 is 2.06 bits per heavy atom. The number of para-hydroxylation sites is 1. The SMILES string of the molecule is O=C(CCc1nc2ccccc2c(=O)[nH]1)N1CCCC2=C[C@H]3C[C@@H](CN4CCCCC34)C21. The number of aryl methyl sites for hydroxylation is 1. The standard InChI is InChI=1S/C26H32N4O2/c31-24(11-10-23-27-21-8-2-1-7-20(21)26(32)28-23)30-13-5-6-17-14-18-15-19(25(17)30)16-29-12-4-3-9-22(18)29/h1-2,7-8,14,18-19,22,25H,3-6,9-13,15-16H2,(H,27,28,32)/t18-,19-,22?,25?/m0/s1. The average Bonchev–Trinajstić information content (AvgIpc) is 2.82. The third-order valence-electron chi connectivity index (χ3n) is 8.22. The van der Waals surface area contributed by atoms with Crippen molar-refractivity contribution in [2.24, 2.45) is 11.8 Å². The maximum Gasteiger partial charge on any atom is 0.258 e. The van der Waals surface area contributed by atoms with E-state index >= 15 is 0 Å². The lowest BCUT2D eigenvalue weighted by molar-refractivity contribution is -0.136. The van der Waals surface area contributed by atoms with Crippen molar-refractivity contribution in [1.82, 2.24) is 19.8 Å². The van der Waals surface area contributed by atoms with Crippen LogP contribution in [0, 0.1) is 11.8 Å². The van der Waals surface area contributed by atoms with Crippen molar-refractivity contribution >= 4 is 16.8 Å². The highest BCUT2D eigenvalue weighted by molar-refractivity contribution is 5.78. The number of aromatic nitrogens is 2. The minimum atomic E-state index is -0.127. The van der Waals surface area contributed by atoms with Gasteiger partial charge < -0.3 is 9.88 Å². The van der Waals surface area contributed by atoms with Crippen molar-refractivity contribution in [3.63, 3.8) is 0 Å². The van der Waals surface area contributed by atoms with E-state index in [4.69, 9.17) is 0 Å². The van der Waals surface area contributed by atoms with Gasteiger partial charge in [-0.25, -0.2) is 4.98 Å². The molecule has 3 saturated heterocycles. The molecular weight excluding hydrogens is 400 g/mol. The lowest BCUT2D eigenvalue weighted by atomic mass is 9.68. The molecule has 0 saturated carbocycles. The molecule has 32 heavy (non-hydrogen) atoms. The zero-order valence-corrected chi connectivity index (χ0v) is 18.6. The van der Waals surface area contributed by atoms with Gasteiger partial charge in [-0.3, -0.25) is 14.5 Å². The number of rotatable bonds is 3. The molecule has 2 bridgehead atoms. The Morgan fingerprint density at radius 1 is 1.16 bits per heavy atom. The smallest absolute Gasteiger partial charge is 0.258 e. The number of aromatic amines is 1. The quantitative estimate of drug-likeness (QED) is 0.756. The number of carbonyl (C=O) groups is 1. The molecule has 4 atom stereocenters. The summed E-state index contributed by atoms with van der Waals surface area (Å²) in [7, 11) is 0. The fourth-order valence-corrected chi connectivity index (χ4v) is 6.88. The van der Waals surface area contributed by atoms with Crippen LogP contribution < -0.4 is 5.56 Å². The molecule has 1 aromatic heterocycles. The number of nitrogens with zero attached hydrogens (tertiary/aromatic N) is 3. The molecule has 3 fully saturated rings. The average molecular weight is 433 g/mol. The van der Waals surface area contributed by atoms with Crippen LogP contribution >= 0.6 is 0 Å². The lowest BCUT2D eigenvalue weighted by Gasteiger charge is -2.54. The Bertz CT molecular complexity index is 1120. The van der Waals surface area contributed by atoms with Gasteiger partial charge >= 0.3 is 0 Å². The largest absolute Gasteiger partial charge is 0.336 e. The van der Waals surface area contributed by atoms with E-state index in [0.29, 0.717) is 41.4 Å². The van der Waals surface area contributed by atoms with Crippen LogP contribution in [0.25, 0.3) is 10.9 Å². The molecule has 3 aliphatic heterocycles. The van der Waals surface area contributed by atoms with Crippen LogP contribution in [0.2, 0.25) is 0 Å². The monoisotopic (exact) mass is 432 g/mol. The second-order valence-electron chi connectivity index (χ2n) is 10.1. The number of amides is 1. The zero-order valence-electron chi connectivity index (χ0n) is 18.6. The fourth-order valence-electron chi connectivity index (χ4n) is 6.88. The van der Waals surface area contributed by atoms with Gasteiger partial charge in [0.2, 0.25) is 5.91 Å². The van der Waals surface area contributed by atoms with Gasteiger partial charge in [-0.05, 0) is 62.6 Å². The van der Waals surface area contributed by atoms with Gasteiger partial charge in [0.15, 0.2) is 0 Å². The number of nitrogens with one attached hydrogen (secondary N) is 1. The van der Waals surface area contributed by atoms with E-state index in [-0.39, 0.29) is 17.5 Å². The Morgan fingerprint density at radius 3 is 3.00 bits per heavy atom. The first-order valence-electron chi connectivity index (χ1n) is 12.4. The van der Waals surface area contributed by atoms with Crippen molar-refractivity contribution in [3.8, 4) is 0 Å². The first kappa shape index (κ1) is 20.2. The maximum absolute atomic E-state index is 13.4. The van der Waals surface area contributed by atoms with Crippen molar-refractivity contribution in [2.45, 2.75) is 63.5 Å². The van der Waals surface area contributed by atoms with Gasteiger partial charge in [0.25, 0.3) is 5.56 Å². The van der Waals surface area contributed by atoms with Crippen LogP contribution in [-0.2, 0) is 11.2 Å². The van der Waals surface area contributed by atoms with E-state index < -0.39 is 0 Å². The Kier molecular flexibility index (Phi) is 5.13. The highest BCUT2D eigenvalue weighted by Gasteiger charge is 2.46. The van der Waals surface area contributed by atoms with Gasteiger partial charge in [0.05, 0.1) is 16.9 Å². The van der Waals surface area contributed by atoms with Gasteiger partial charge in [0, 0.05) is 32.0 Å². The molecule has 6 heteroatoms. The molecule has 4 aliphatic rings. The van der Waals surface area contributed by atoms with Crippen LogP contribution in [0.15, 0.2) is 40.7 Å². The number of likely N-dealkylation sites (tertiary alicyclic amines) is 1. The molecule has 0 radical (unpaired) electrons. The molecule has 6 rings (SSSR count). The number of benzene rings is 1. The summed E-state index contributed by atoms with van der Waals surface area (Å²) in [6, 6.07) is 8.38. The van der Waals surface area contributed by atoms with Gasteiger partial charge in [0.1, 0.15) is 5.82 Å². The predicted molar refractivity (Wildman–Crippen MR) is 124 cm³/mol. The summed E-state index contributed by atoms with van der Waals surface area (Å²) in [6.07, 6.45) is 10.9. The first-order chi connectivity index (χ1) is 15.7. The van der Waals surface area contributed by atoms with E-state index in [2.05, 4.69) is 25.8 Å². The molecule has 4 heterocycles. The summed E-state index contributed by atoms with van der Waals surface area (Å²) in [6.45, 7) is 3.22. The van der Waals surface area contributed by atoms with Crippen LogP contribution in [0.1, 0.15) is 50.8 Å². The topological polar surface area (TPSA) is 69.3 Å². The van der Waals surface area contributed by atoms with Crippen molar-refractivity contribution in [1.29, 1.82) is 0 Å². The molecule has 168 valence electrons. The zero-order chi connectivity index (χ0) is 21.7. The molecule has 0 spiro atoms. The maximum atomic E-state index is 13.4. The van der Waals surface area contributed by atoms with E-state index in [9.17, 15) is 9.59 Å². The molecule has 1 aliphatic carbocycles. The van der Waals surface area contributed by atoms with E-state index in [1.807, 2.05) is 18.2 Å². The molecule has 2 aromatic rings. The molecular formula is C26H32N4O2. The van der Waals surface area contributed by atoms with Gasteiger partial charge in [-0.2, -0.15) is 0 Å². The normalized spacial score (nSPS) is 29.9. The first-order valence-corrected chi connectivity index (χ1v) is 12.4. The predicted octanol–water partition coefficient (Wildman–Crippen LogP) is 3.28. The van der Waals surface area contributed by atoms with Crippen LogP contribution in [0.5, 0.6) is 0 Å². The number of H-pyrrole nitrogens is 1. The van der Waals surface area contributed by atoms with Crippen molar-refractivity contribution in [2.75, 3.05) is 19.6 Å². The van der Waals surface area contributed by atoms with Gasteiger partial charge in [-0.1, -0.05) is 30.2 Å². The third-order valence-corrected chi connectivity index (χ3v) is 8.22. The number of hydrogen-bond donors (Lipinski definition) is 1. The van der Waals surface area contributed by atoms with Gasteiger partial charge in [-0.15, -0.1) is 0 Å². The molecule has 1 amide bonds. The second-order valence-corrected chi connectivity index (χ2v) is 10.1. The minimum absolute atomic E-state index is 0.127. The number of fused-ring (bicyclic) bond motifs is 7. The van der Waals surface area contributed by atoms with E-state index in [1.54, 1.807) is 6.07 Å². The number of piperidine rings is 3. The van der Waals surface area contributed by atoms with Crippen LogP contribution in [0.4, 0.5) is 0 Å². The van der Waals surface area contributed by atoms with E-state index in [0.717, 1.165) is 32.0 Å². The Balaban J connectivity index is 1.20. The molecule has 2 unspecified atom stereocenters. The summed E-state index contributed by atoms with van der Waals surface area (Å²) in [5.41, 5.74) is 2.09. The minimum Gasteiger partial charge on any atom is -0.336 e. The number of carbonyl (C=O) groups excluding carboxylic acids is 1. The Hall–Kier alpha value is -2.47. The highest BCUT2D eigenvalue weighted by Crippen LogP contribution is 2.45. The molecule has 1 N–H and O–H groups in total. The van der Waals surface area contributed by atoms with Crippen molar-refractivity contribution in [3.05, 3.63) is 52.1 Å². The Labute approximate surface area is 188 Å². The highest BCUT2D eigenvalue weighted by atomic mass is 16.2. The molecule has 6 nitrogen and oxygen atoms in total.